The fraction of sp³-hybridized carbons (Fsp3) is 1.00. The van der Waals surface area contributed by atoms with Crippen LogP contribution in [0.1, 0.15) is 13.3 Å². The molecule has 14 heavy (non-hydrogen) atoms. The fourth-order valence-electron chi connectivity index (χ4n) is 1.48. The normalized spacial score (nSPS) is 24.3. The number of hydrogen-bond donors (Lipinski definition) is 2. The number of hydrogen-bond acceptors (Lipinski definition) is 4. The van der Waals surface area contributed by atoms with E-state index in [-0.39, 0.29) is 11.9 Å². The molecule has 84 valence electrons. The summed E-state index contributed by atoms with van der Waals surface area (Å²) in [6.45, 7) is 4.24. The van der Waals surface area contributed by atoms with E-state index in [1.807, 2.05) is 0 Å². The standard InChI is InChI=1S/C8H18N2O3S/c1-2-14(12,13)9-4-6-10-5-3-8(11)7-10/h8-9,11H,2-7H2,1H3/t8-/m0/s1. The van der Waals surface area contributed by atoms with Crippen molar-refractivity contribution in [2.75, 3.05) is 31.9 Å². The van der Waals surface area contributed by atoms with Crippen molar-refractivity contribution >= 4 is 10.0 Å². The van der Waals surface area contributed by atoms with Crippen LogP contribution in [0.25, 0.3) is 0 Å². The Labute approximate surface area is 85.2 Å². The minimum absolute atomic E-state index is 0.121. The molecular formula is C8H18N2O3S. The van der Waals surface area contributed by atoms with Gasteiger partial charge in [0.25, 0.3) is 0 Å². The van der Waals surface area contributed by atoms with Crippen molar-refractivity contribution in [2.24, 2.45) is 0 Å². The van der Waals surface area contributed by atoms with Gasteiger partial charge in [0, 0.05) is 26.2 Å². The fourth-order valence-corrected chi connectivity index (χ4v) is 2.08. The average molecular weight is 222 g/mol. The van der Waals surface area contributed by atoms with Gasteiger partial charge in [0.2, 0.25) is 10.0 Å². The molecule has 0 aromatic carbocycles. The predicted molar refractivity (Wildman–Crippen MR) is 54.5 cm³/mol. The Balaban J connectivity index is 2.16. The van der Waals surface area contributed by atoms with Gasteiger partial charge in [-0.15, -0.1) is 0 Å². The molecule has 0 spiro atoms. The number of sulfonamides is 1. The zero-order valence-corrected chi connectivity index (χ0v) is 9.26. The lowest BCUT2D eigenvalue weighted by atomic mass is 10.3. The molecule has 1 aliphatic heterocycles. The minimum Gasteiger partial charge on any atom is -0.392 e. The van der Waals surface area contributed by atoms with Gasteiger partial charge in [0.15, 0.2) is 0 Å². The number of nitrogens with zero attached hydrogens (tertiary/aromatic N) is 1. The molecule has 0 unspecified atom stereocenters. The molecule has 0 bridgehead atoms. The average Bonchev–Trinajstić information content (AvgIpc) is 2.51. The quantitative estimate of drug-likeness (QED) is 0.625. The zero-order chi connectivity index (χ0) is 10.6. The van der Waals surface area contributed by atoms with Gasteiger partial charge in [-0.2, -0.15) is 0 Å². The van der Waals surface area contributed by atoms with E-state index in [9.17, 15) is 13.5 Å². The molecule has 1 aliphatic rings. The summed E-state index contributed by atoms with van der Waals surface area (Å²) < 4.78 is 24.6. The van der Waals surface area contributed by atoms with Crippen LogP contribution in [-0.4, -0.2) is 56.5 Å². The smallest absolute Gasteiger partial charge is 0.211 e. The first-order chi connectivity index (χ1) is 6.53. The van der Waals surface area contributed by atoms with Crippen molar-refractivity contribution in [2.45, 2.75) is 19.4 Å². The SMILES string of the molecule is CCS(=O)(=O)NCCN1CC[C@H](O)C1. The van der Waals surface area contributed by atoms with Crippen molar-refractivity contribution in [3.8, 4) is 0 Å². The monoisotopic (exact) mass is 222 g/mol. The maximum absolute atomic E-state index is 11.1. The molecule has 2 N–H and O–H groups in total. The summed E-state index contributed by atoms with van der Waals surface area (Å²) in [6, 6.07) is 0. The second-order valence-corrected chi connectivity index (χ2v) is 5.64. The summed E-state index contributed by atoms with van der Waals surface area (Å²) in [4.78, 5) is 2.06. The van der Waals surface area contributed by atoms with E-state index in [0.717, 1.165) is 13.0 Å². The van der Waals surface area contributed by atoms with Crippen molar-refractivity contribution in [3.05, 3.63) is 0 Å². The molecule has 0 aromatic rings. The summed E-state index contributed by atoms with van der Waals surface area (Å²) in [5.41, 5.74) is 0. The van der Waals surface area contributed by atoms with E-state index < -0.39 is 10.0 Å². The number of aliphatic hydroxyl groups excluding tert-OH is 1. The van der Waals surface area contributed by atoms with Crippen molar-refractivity contribution in [1.29, 1.82) is 0 Å². The first-order valence-electron chi connectivity index (χ1n) is 4.91. The third-order valence-corrected chi connectivity index (χ3v) is 3.78. The summed E-state index contributed by atoms with van der Waals surface area (Å²) >= 11 is 0. The molecule has 0 radical (unpaired) electrons. The van der Waals surface area contributed by atoms with Crippen molar-refractivity contribution < 1.29 is 13.5 Å². The number of rotatable bonds is 5. The third-order valence-electron chi connectivity index (χ3n) is 2.38. The minimum atomic E-state index is -3.06. The molecule has 5 nitrogen and oxygen atoms in total. The van der Waals surface area contributed by atoms with Crippen molar-refractivity contribution in [3.63, 3.8) is 0 Å². The number of likely N-dealkylation sites (tertiary alicyclic amines) is 1. The van der Waals surface area contributed by atoms with E-state index in [2.05, 4.69) is 9.62 Å². The Bertz CT molecular complexity index is 266. The first kappa shape index (κ1) is 11.9. The summed E-state index contributed by atoms with van der Waals surface area (Å²) in [7, 11) is -3.06. The Morgan fingerprint density at radius 1 is 1.57 bits per heavy atom. The molecule has 1 fully saturated rings. The van der Waals surface area contributed by atoms with E-state index >= 15 is 0 Å². The first-order valence-corrected chi connectivity index (χ1v) is 6.56. The van der Waals surface area contributed by atoms with Gasteiger partial charge in [0.1, 0.15) is 0 Å². The Morgan fingerprint density at radius 2 is 2.29 bits per heavy atom. The molecule has 0 aliphatic carbocycles. The van der Waals surface area contributed by atoms with E-state index in [4.69, 9.17) is 0 Å². The van der Waals surface area contributed by atoms with Crippen LogP contribution in [-0.2, 0) is 10.0 Å². The van der Waals surface area contributed by atoms with Crippen LogP contribution in [0, 0.1) is 0 Å². The summed E-state index contributed by atoms with van der Waals surface area (Å²) in [5.74, 6) is 0.121. The van der Waals surface area contributed by atoms with E-state index in [1.54, 1.807) is 6.92 Å². The highest BCUT2D eigenvalue weighted by Gasteiger charge is 2.19. The second-order valence-electron chi connectivity index (χ2n) is 3.54. The van der Waals surface area contributed by atoms with E-state index in [0.29, 0.717) is 19.6 Å². The van der Waals surface area contributed by atoms with Gasteiger partial charge in [-0.3, -0.25) is 4.90 Å². The summed E-state index contributed by atoms with van der Waals surface area (Å²) in [5, 5.41) is 9.22. The molecular weight excluding hydrogens is 204 g/mol. The lowest BCUT2D eigenvalue weighted by molar-refractivity contribution is 0.177. The van der Waals surface area contributed by atoms with Crippen LogP contribution < -0.4 is 4.72 Å². The molecule has 0 saturated carbocycles. The number of aliphatic hydroxyl groups is 1. The van der Waals surface area contributed by atoms with Gasteiger partial charge in [-0.1, -0.05) is 0 Å². The molecule has 1 heterocycles. The summed E-state index contributed by atoms with van der Waals surface area (Å²) in [6.07, 6.45) is 0.554. The Morgan fingerprint density at radius 3 is 2.79 bits per heavy atom. The van der Waals surface area contributed by atoms with Crippen LogP contribution in [0.4, 0.5) is 0 Å². The highest BCUT2D eigenvalue weighted by molar-refractivity contribution is 7.89. The van der Waals surface area contributed by atoms with Gasteiger partial charge in [-0.25, -0.2) is 13.1 Å². The van der Waals surface area contributed by atoms with Crippen LogP contribution in [0.2, 0.25) is 0 Å². The van der Waals surface area contributed by atoms with Gasteiger partial charge in [0.05, 0.1) is 11.9 Å². The van der Waals surface area contributed by atoms with Crippen LogP contribution in [0.3, 0.4) is 0 Å². The maximum Gasteiger partial charge on any atom is 0.211 e. The second kappa shape index (κ2) is 5.06. The lowest BCUT2D eigenvalue weighted by Crippen LogP contribution is -2.34. The van der Waals surface area contributed by atoms with Gasteiger partial charge in [-0.05, 0) is 13.3 Å². The molecule has 6 heteroatoms. The largest absolute Gasteiger partial charge is 0.392 e. The van der Waals surface area contributed by atoms with Gasteiger partial charge < -0.3 is 5.11 Å². The van der Waals surface area contributed by atoms with Crippen LogP contribution >= 0.6 is 0 Å². The molecule has 1 saturated heterocycles. The number of nitrogens with one attached hydrogen (secondary N) is 1. The van der Waals surface area contributed by atoms with Crippen LogP contribution in [0.5, 0.6) is 0 Å². The molecule has 0 amide bonds. The van der Waals surface area contributed by atoms with Gasteiger partial charge >= 0.3 is 0 Å². The zero-order valence-electron chi connectivity index (χ0n) is 8.44. The third kappa shape index (κ3) is 3.91. The molecule has 0 aromatic heterocycles. The lowest BCUT2D eigenvalue weighted by Gasteiger charge is -2.14. The Kier molecular flexibility index (Phi) is 4.31. The molecule has 1 rings (SSSR count). The van der Waals surface area contributed by atoms with E-state index in [1.165, 1.54) is 0 Å². The van der Waals surface area contributed by atoms with Crippen molar-refractivity contribution in [1.82, 2.24) is 9.62 Å². The maximum atomic E-state index is 11.1. The Hall–Kier alpha value is -0.170. The topological polar surface area (TPSA) is 69.6 Å². The highest BCUT2D eigenvalue weighted by Crippen LogP contribution is 2.06. The predicted octanol–water partition coefficient (Wildman–Crippen LogP) is -1.01. The molecule has 1 atom stereocenters. The number of β-amino-alcohol motifs (C(OH)–C–C–N with tert-alkyl or cyclic N) is 1. The van der Waals surface area contributed by atoms with Crippen LogP contribution in [0.15, 0.2) is 0 Å². The highest BCUT2D eigenvalue weighted by atomic mass is 32.2.